The summed E-state index contributed by atoms with van der Waals surface area (Å²) in [6, 6.07) is 0. The molecule has 0 saturated carbocycles. The highest BCUT2D eigenvalue weighted by molar-refractivity contribution is 5.76. The fraction of sp³-hybridized carbons (Fsp3) is 0.692. The maximum Gasteiger partial charge on any atom is 0.429 e. The Morgan fingerprint density at radius 3 is 2.26 bits per heavy atom. The van der Waals surface area contributed by atoms with E-state index < -0.39 is 17.7 Å². The molecule has 0 N–H and O–H groups in total. The van der Waals surface area contributed by atoms with Crippen LogP contribution in [-0.2, 0) is 9.47 Å². The van der Waals surface area contributed by atoms with Crippen molar-refractivity contribution in [1.29, 1.82) is 0 Å². The molecule has 0 aromatic carbocycles. The molecule has 1 aliphatic rings. The first-order valence-electron chi connectivity index (χ1n) is 6.43. The second-order valence-corrected chi connectivity index (χ2v) is 4.91. The molecule has 1 rings (SSSR count). The largest absolute Gasteiger partial charge is 0.448 e. The Balaban J connectivity index is 3.08. The first-order valence-corrected chi connectivity index (χ1v) is 6.43. The highest BCUT2D eigenvalue weighted by Crippen LogP contribution is 2.27. The quantitative estimate of drug-likeness (QED) is 0.723. The topological polar surface area (TPSA) is 59.1 Å². The Bertz CT molecular complexity index is 390. The lowest BCUT2D eigenvalue weighted by atomic mass is 9.98. The normalized spacial score (nSPS) is 17.8. The van der Waals surface area contributed by atoms with Gasteiger partial charge in [0, 0.05) is 0 Å². The summed E-state index contributed by atoms with van der Waals surface area (Å²) >= 11 is 0. The molecular formula is C13H22N2O4. The molecule has 0 atom stereocenters. The van der Waals surface area contributed by atoms with Crippen LogP contribution in [0.5, 0.6) is 0 Å². The lowest BCUT2D eigenvalue weighted by molar-refractivity contribution is -0.0587. The number of carbonyl (C=O) groups excluding carboxylic acids is 2. The van der Waals surface area contributed by atoms with Crippen LogP contribution in [0.1, 0.15) is 34.6 Å². The van der Waals surface area contributed by atoms with Crippen molar-refractivity contribution in [2.75, 3.05) is 19.8 Å². The van der Waals surface area contributed by atoms with Gasteiger partial charge >= 0.3 is 12.2 Å². The predicted molar refractivity (Wildman–Crippen MR) is 70.4 cm³/mol. The fourth-order valence-electron chi connectivity index (χ4n) is 2.19. The summed E-state index contributed by atoms with van der Waals surface area (Å²) in [6.45, 7) is 9.89. The zero-order chi connectivity index (χ0) is 14.6. The first-order chi connectivity index (χ1) is 8.83. The fourth-order valence-corrected chi connectivity index (χ4v) is 2.19. The van der Waals surface area contributed by atoms with E-state index in [2.05, 4.69) is 0 Å². The molecule has 2 amide bonds. The van der Waals surface area contributed by atoms with Crippen molar-refractivity contribution in [3.05, 3.63) is 11.6 Å². The zero-order valence-corrected chi connectivity index (χ0v) is 12.2. The third-order valence-corrected chi connectivity index (χ3v) is 2.71. The SMILES string of the molecule is CCOC(=O)N1CC(C)=CC(C)(C)N1C(=O)OCC. The van der Waals surface area contributed by atoms with Crippen molar-refractivity contribution in [3.8, 4) is 0 Å². The van der Waals surface area contributed by atoms with E-state index >= 15 is 0 Å². The lowest BCUT2D eigenvalue weighted by Crippen LogP contribution is -2.61. The van der Waals surface area contributed by atoms with Gasteiger partial charge in [-0.1, -0.05) is 11.6 Å². The van der Waals surface area contributed by atoms with Crippen molar-refractivity contribution >= 4 is 12.2 Å². The number of hydrogen-bond acceptors (Lipinski definition) is 4. The molecule has 0 aromatic heterocycles. The number of nitrogens with zero attached hydrogens (tertiary/aromatic N) is 2. The standard InChI is InChI=1S/C13H22N2O4/c1-6-18-11(16)14-9-10(3)8-13(4,5)15(14)12(17)19-7-2/h8H,6-7,9H2,1-5H3. The molecule has 0 fully saturated rings. The summed E-state index contributed by atoms with van der Waals surface area (Å²) in [5.74, 6) is 0. The van der Waals surface area contributed by atoms with Gasteiger partial charge in [-0.3, -0.25) is 0 Å². The second kappa shape index (κ2) is 5.95. The van der Waals surface area contributed by atoms with Crippen molar-refractivity contribution in [3.63, 3.8) is 0 Å². The molecule has 1 heterocycles. The average Bonchev–Trinajstić information content (AvgIpc) is 2.26. The maximum atomic E-state index is 12.1. The maximum absolute atomic E-state index is 12.1. The van der Waals surface area contributed by atoms with Crippen LogP contribution in [0.2, 0.25) is 0 Å². The molecule has 0 saturated heterocycles. The van der Waals surface area contributed by atoms with Crippen LogP contribution in [0.4, 0.5) is 9.59 Å². The molecule has 6 nitrogen and oxygen atoms in total. The predicted octanol–water partition coefficient (Wildman–Crippen LogP) is 2.56. The van der Waals surface area contributed by atoms with Crippen molar-refractivity contribution in [2.24, 2.45) is 0 Å². The van der Waals surface area contributed by atoms with Crippen LogP contribution >= 0.6 is 0 Å². The minimum atomic E-state index is -0.638. The summed E-state index contributed by atoms with van der Waals surface area (Å²) in [7, 11) is 0. The Hall–Kier alpha value is -1.72. The van der Waals surface area contributed by atoms with E-state index in [1.54, 1.807) is 13.8 Å². The van der Waals surface area contributed by atoms with Crippen LogP contribution in [0.3, 0.4) is 0 Å². The Morgan fingerprint density at radius 2 is 1.74 bits per heavy atom. The molecule has 0 aromatic rings. The van der Waals surface area contributed by atoms with Gasteiger partial charge in [-0.25, -0.2) is 19.6 Å². The molecule has 0 aliphatic carbocycles. The van der Waals surface area contributed by atoms with Crippen LogP contribution in [0.15, 0.2) is 11.6 Å². The van der Waals surface area contributed by atoms with E-state index in [1.807, 2.05) is 26.8 Å². The average molecular weight is 270 g/mol. The smallest absolute Gasteiger partial charge is 0.429 e. The van der Waals surface area contributed by atoms with Gasteiger partial charge in [0.15, 0.2) is 0 Å². The molecule has 0 spiro atoms. The Labute approximate surface area is 113 Å². The lowest BCUT2D eigenvalue weighted by Gasteiger charge is -2.45. The van der Waals surface area contributed by atoms with Crippen molar-refractivity contribution in [2.45, 2.75) is 40.2 Å². The van der Waals surface area contributed by atoms with Gasteiger partial charge in [-0.05, 0) is 34.6 Å². The number of hydrogen-bond donors (Lipinski definition) is 0. The van der Waals surface area contributed by atoms with Gasteiger partial charge in [0.05, 0.1) is 25.3 Å². The van der Waals surface area contributed by atoms with Gasteiger partial charge < -0.3 is 9.47 Å². The number of carbonyl (C=O) groups is 2. The van der Waals surface area contributed by atoms with Crippen LogP contribution in [0, 0.1) is 0 Å². The van der Waals surface area contributed by atoms with Crippen LogP contribution < -0.4 is 0 Å². The van der Waals surface area contributed by atoms with E-state index in [0.717, 1.165) is 5.57 Å². The van der Waals surface area contributed by atoms with Crippen molar-refractivity contribution in [1.82, 2.24) is 10.0 Å². The summed E-state index contributed by atoms with van der Waals surface area (Å²) in [5.41, 5.74) is 0.361. The molecule has 6 heteroatoms. The Kier molecular flexibility index (Phi) is 4.80. The molecule has 108 valence electrons. The van der Waals surface area contributed by atoms with Gasteiger partial charge in [0.2, 0.25) is 0 Å². The summed E-state index contributed by atoms with van der Waals surface area (Å²) in [4.78, 5) is 24.0. The monoisotopic (exact) mass is 270 g/mol. The van der Waals surface area contributed by atoms with E-state index in [0.29, 0.717) is 6.54 Å². The van der Waals surface area contributed by atoms with Gasteiger partial charge in [0.1, 0.15) is 0 Å². The molecule has 0 radical (unpaired) electrons. The van der Waals surface area contributed by atoms with Crippen LogP contribution in [-0.4, -0.2) is 47.5 Å². The minimum Gasteiger partial charge on any atom is -0.448 e. The third-order valence-electron chi connectivity index (χ3n) is 2.71. The molecule has 0 unspecified atom stereocenters. The summed E-state index contributed by atoms with van der Waals surface area (Å²) < 4.78 is 10.0. The minimum absolute atomic E-state index is 0.255. The number of rotatable bonds is 2. The van der Waals surface area contributed by atoms with Gasteiger partial charge in [0.25, 0.3) is 0 Å². The molecule has 1 aliphatic heterocycles. The zero-order valence-electron chi connectivity index (χ0n) is 12.2. The van der Waals surface area contributed by atoms with E-state index in [-0.39, 0.29) is 13.2 Å². The second-order valence-electron chi connectivity index (χ2n) is 4.91. The van der Waals surface area contributed by atoms with E-state index in [4.69, 9.17) is 9.47 Å². The number of hydrazine groups is 1. The summed E-state index contributed by atoms with van der Waals surface area (Å²) in [5, 5.41) is 2.60. The number of ether oxygens (including phenoxy) is 2. The Morgan fingerprint density at radius 1 is 1.21 bits per heavy atom. The molecular weight excluding hydrogens is 248 g/mol. The molecule has 0 bridgehead atoms. The van der Waals surface area contributed by atoms with Crippen LogP contribution in [0.25, 0.3) is 0 Å². The van der Waals surface area contributed by atoms with Gasteiger partial charge in [-0.15, -0.1) is 0 Å². The summed E-state index contributed by atoms with van der Waals surface area (Å²) in [6.07, 6.45) is 0.847. The highest BCUT2D eigenvalue weighted by atomic mass is 16.6. The third kappa shape index (κ3) is 3.39. The van der Waals surface area contributed by atoms with E-state index in [9.17, 15) is 9.59 Å². The van der Waals surface area contributed by atoms with E-state index in [1.165, 1.54) is 10.0 Å². The van der Waals surface area contributed by atoms with Gasteiger partial charge in [-0.2, -0.15) is 0 Å². The first kappa shape index (κ1) is 15.3. The van der Waals surface area contributed by atoms with Crippen molar-refractivity contribution < 1.29 is 19.1 Å². The highest BCUT2D eigenvalue weighted by Gasteiger charge is 2.41. The number of amides is 2. The molecule has 19 heavy (non-hydrogen) atoms.